The van der Waals surface area contributed by atoms with Crippen LogP contribution in [0.25, 0.3) is 0 Å². The summed E-state index contributed by atoms with van der Waals surface area (Å²) in [6, 6.07) is 7.90. The zero-order valence-electron chi connectivity index (χ0n) is 21.0. The van der Waals surface area contributed by atoms with E-state index >= 15 is 0 Å². The number of alkyl halides is 3. The second kappa shape index (κ2) is 11.1. The van der Waals surface area contributed by atoms with Crippen molar-refractivity contribution in [1.29, 1.82) is 0 Å². The van der Waals surface area contributed by atoms with E-state index in [1.807, 2.05) is 11.8 Å². The number of anilines is 3. The maximum Gasteiger partial charge on any atom is 0.416 e. The summed E-state index contributed by atoms with van der Waals surface area (Å²) in [7, 11) is 0. The number of nitrogens with zero attached hydrogens (tertiary/aromatic N) is 4. The molecule has 2 aromatic carbocycles. The van der Waals surface area contributed by atoms with Crippen LogP contribution in [0.4, 0.5) is 30.4 Å². The number of nitrogens with one attached hydrogen (secondary N) is 2. The largest absolute Gasteiger partial charge is 0.483 e. The van der Waals surface area contributed by atoms with Gasteiger partial charge in [0.05, 0.1) is 17.1 Å². The number of benzene rings is 2. The van der Waals surface area contributed by atoms with E-state index in [-0.39, 0.29) is 27.9 Å². The van der Waals surface area contributed by atoms with Crippen molar-refractivity contribution < 1.29 is 27.4 Å². The van der Waals surface area contributed by atoms with Gasteiger partial charge < -0.3 is 29.9 Å². The predicted molar refractivity (Wildman–Crippen MR) is 141 cm³/mol. The van der Waals surface area contributed by atoms with Gasteiger partial charge in [-0.2, -0.15) is 18.2 Å². The quantitative estimate of drug-likeness (QED) is 0.427. The summed E-state index contributed by atoms with van der Waals surface area (Å²) >= 11 is 6.30. The molecule has 0 spiro atoms. The normalized spacial score (nSPS) is 15.7. The first-order chi connectivity index (χ1) is 18.7. The van der Waals surface area contributed by atoms with Gasteiger partial charge in [0.25, 0.3) is 11.8 Å². The molecule has 9 nitrogen and oxygen atoms in total. The van der Waals surface area contributed by atoms with Gasteiger partial charge in [-0.05, 0) is 42.9 Å². The van der Waals surface area contributed by atoms with Crippen molar-refractivity contribution in [2.45, 2.75) is 13.1 Å². The molecule has 206 valence electrons. The standard InChI is InChI=1S/C26H26ClF3N6O3/c1-2-35-6-8-36(9-7-35)19-13-17(26(28,29)30)12-18(14-19)34-24(37)16-3-4-20(27)21(11-16)39-25-22-23(32-15-33-25)31-5-10-38-22/h3-4,11-15H,2,5-10H2,1H3,(H,34,37)(H,31,32,33). The van der Waals surface area contributed by atoms with Crippen molar-refractivity contribution in [2.75, 3.05) is 61.4 Å². The first-order valence-electron chi connectivity index (χ1n) is 12.4. The Morgan fingerprint density at radius 1 is 1.15 bits per heavy atom. The fourth-order valence-corrected chi connectivity index (χ4v) is 4.55. The molecule has 0 saturated carbocycles. The molecule has 0 aliphatic carbocycles. The van der Waals surface area contributed by atoms with Gasteiger partial charge >= 0.3 is 6.18 Å². The van der Waals surface area contributed by atoms with Gasteiger partial charge in [-0.15, -0.1) is 0 Å². The zero-order chi connectivity index (χ0) is 27.6. The van der Waals surface area contributed by atoms with Crippen molar-refractivity contribution >= 4 is 34.7 Å². The zero-order valence-corrected chi connectivity index (χ0v) is 21.8. The topological polar surface area (TPSA) is 91.9 Å². The number of hydrogen-bond donors (Lipinski definition) is 2. The number of fused-ring (bicyclic) bond motifs is 1. The number of hydrogen-bond acceptors (Lipinski definition) is 8. The van der Waals surface area contributed by atoms with E-state index < -0.39 is 17.6 Å². The molecule has 3 aromatic rings. The molecular formula is C26H26ClF3N6O3. The minimum absolute atomic E-state index is 0.0320. The predicted octanol–water partition coefficient (Wildman–Crippen LogP) is 5.14. The number of carbonyl (C=O) groups is 1. The van der Waals surface area contributed by atoms with E-state index in [4.69, 9.17) is 21.1 Å². The number of piperazine rings is 1. The fourth-order valence-electron chi connectivity index (χ4n) is 4.39. The lowest BCUT2D eigenvalue weighted by Gasteiger charge is -2.36. The molecule has 1 amide bonds. The first-order valence-corrected chi connectivity index (χ1v) is 12.8. The van der Waals surface area contributed by atoms with E-state index in [0.717, 1.165) is 31.8 Å². The van der Waals surface area contributed by atoms with E-state index in [9.17, 15) is 18.0 Å². The molecule has 39 heavy (non-hydrogen) atoms. The Bertz CT molecular complexity index is 1370. The Morgan fingerprint density at radius 2 is 1.95 bits per heavy atom. The Morgan fingerprint density at radius 3 is 2.69 bits per heavy atom. The number of carbonyl (C=O) groups excluding carboxylic acids is 1. The van der Waals surface area contributed by atoms with Crippen LogP contribution in [-0.4, -0.2) is 66.7 Å². The monoisotopic (exact) mass is 562 g/mol. The lowest BCUT2D eigenvalue weighted by atomic mass is 10.1. The molecule has 1 saturated heterocycles. The van der Waals surface area contributed by atoms with Gasteiger partial charge in [0.1, 0.15) is 18.7 Å². The number of amides is 1. The highest BCUT2D eigenvalue weighted by molar-refractivity contribution is 6.32. The summed E-state index contributed by atoms with van der Waals surface area (Å²) < 4.78 is 52.6. The van der Waals surface area contributed by atoms with Gasteiger partial charge in [-0.1, -0.05) is 18.5 Å². The molecule has 2 N–H and O–H groups in total. The highest BCUT2D eigenvalue weighted by Gasteiger charge is 2.32. The van der Waals surface area contributed by atoms with Crippen molar-refractivity contribution in [3.63, 3.8) is 0 Å². The molecule has 1 aromatic heterocycles. The lowest BCUT2D eigenvalue weighted by Crippen LogP contribution is -2.46. The Balaban J connectivity index is 1.38. The average molecular weight is 563 g/mol. The van der Waals surface area contributed by atoms with Crippen LogP contribution in [0, 0.1) is 0 Å². The third kappa shape index (κ3) is 6.12. The summed E-state index contributed by atoms with van der Waals surface area (Å²) in [5, 5.41) is 5.87. The van der Waals surface area contributed by atoms with Crippen LogP contribution in [0.2, 0.25) is 5.02 Å². The molecule has 3 heterocycles. The summed E-state index contributed by atoms with van der Waals surface area (Å²) in [6.07, 6.45) is -3.27. The number of likely N-dealkylation sites (N-methyl/N-ethyl adjacent to an activating group) is 1. The van der Waals surface area contributed by atoms with Gasteiger partial charge in [0.2, 0.25) is 5.75 Å². The lowest BCUT2D eigenvalue weighted by molar-refractivity contribution is -0.137. The van der Waals surface area contributed by atoms with E-state index in [1.165, 1.54) is 24.5 Å². The fraction of sp³-hybridized carbons (Fsp3) is 0.346. The van der Waals surface area contributed by atoms with Gasteiger partial charge in [-0.3, -0.25) is 4.79 Å². The van der Waals surface area contributed by atoms with Crippen LogP contribution in [-0.2, 0) is 6.18 Å². The van der Waals surface area contributed by atoms with E-state index in [0.29, 0.717) is 43.5 Å². The van der Waals surface area contributed by atoms with Crippen LogP contribution in [0.1, 0.15) is 22.8 Å². The molecule has 13 heteroatoms. The Labute approximate surface area is 227 Å². The molecule has 0 unspecified atom stereocenters. The van der Waals surface area contributed by atoms with Crippen molar-refractivity contribution in [3.8, 4) is 17.4 Å². The number of aromatic nitrogens is 2. The van der Waals surface area contributed by atoms with Crippen LogP contribution in [0.15, 0.2) is 42.7 Å². The third-order valence-corrected chi connectivity index (χ3v) is 6.81. The summed E-state index contributed by atoms with van der Waals surface area (Å²) in [4.78, 5) is 25.4. The molecule has 2 aliphatic rings. The highest BCUT2D eigenvalue weighted by Crippen LogP contribution is 2.39. The summed E-state index contributed by atoms with van der Waals surface area (Å²) in [5.74, 6) is 0.383. The molecular weight excluding hydrogens is 537 g/mol. The SMILES string of the molecule is CCN1CCN(c2cc(NC(=O)c3ccc(Cl)c(Oc4ncnc5c4OCCN5)c3)cc(C(F)(F)F)c2)CC1. The molecule has 0 radical (unpaired) electrons. The van der Waals surface area contributed by atoms with Crippen LogP contribution < -0.4 is 25.0 Å². The minimum Gasteiger partial charge on any atom is -0.483 e. The van der Waals surface area contributed by atoms with Gasteiger partial charge in [-0.25, -0.2) is 4.98 Å². The summed E-state index contributed by atoms with van der Waals surface area (Å²) in [6.45, 7) is 6.57. The second-order valence-corrected chi connectivity index (χ2v) is 9.43. The first kappa shape index (κ1) is 26.8. The average Bonchev–Trinajstić information content (AvgIpc) is 2.94. The van der Waals surface area contributed by atoms with Gasteiger partial charge in [0.15, 0.2) is 5.82 Å². The van der Waals surface area contributed by atoms with Crippen LogP contribution >= 0.6 is 11.6 Å². The Hall–Kier alpha value is -3.77. The Kier molecular flexibility index (Phi) is 7.67. The van der Waals surface area contributed by atoms with Gasteiger partial charge in [0, 0.05) is 43.1 Å². The summed E-state index contributed by atoms with van der Waals surface area (Å²) in [5.41, 5.74) is -0.273. The molecule has 0 bridgehead atoms. The van der Waals surface area contributed by atoms with Crippen molar-refractivity contribution in [1.82, 2.24) is 14.9 Å². The van der Waals surface area contributed by atoms with Crippen LogP contribution in [0.3, 0.4) is 0 Å². The molecule has 5 rings (SSSR count). The maximum atomic E-state index is 13.7. The smallest absolute Gasteiger partial charge is 0.416 e. The minimum atomic E-state index is -4.57. The number of ether oxygens (including phenoxy) is 2. The van der Waals surface area contributed by atoms with Crippen molar-refractivity contribution in [2.24, 2.45) is 0 Å². The molecule has 0 atom stereocenters. The van der Waals surface area contributed by atoms with Crippen molar-refractivity contribution in [3.05, 3.63) is 58.9 Å². The maximum absolute atomic E-state index is 13.7. The number of halogens is 4. The van der Waals surface area contributed by atoms with E-state index in [2.05, 4.69) is 25.5 Å². The van der Waals surface area contributed by atoms with E-state index in [1.54, 1.807) is 6.07 Å². The highest BCUT2D eigenvalue weighted by atomic mass is 35.5. The molecule has 2 aliphatic heterocycles. The number of rotatable bonds is 6. The third-order valence-electron chi connectivity index (χ3n) is 6.50. The molecule has 1 fully saturated rings. The second-order valence-electron chi connectivity index (χ2n) is 9.02. The van der Waals surface area contributed by atoms with Crippen LogP contribution in [0.5, 0.6) is 17.4 Å².